The van der Waals surface area contributed by atoms with Gasteiger partial charge in [0.15, 0.2) is 0 Å². The van der Waals surface area contributed by atoms with Crippen LogP contribution in [0.15, 0.2) is 18.2 Å². The molecule has 4 heteroatoms. The first-order valence-corrected chi connectivity index (χ1v) is 7.01. The lowest BCUT2D eigenvalue weighted by Gasteiger charge is -2.09. The molecule has 1 aromatic carbocycles. The predicted molar refractivity (Wildman–Crippen MR) is 69.3 cm³/mol. The van der Waals surface area contributed by atoms with Crippen LogP contribution in [0.2, 0.25) is 0 Å². The third-order valence-electron chi connectivity index (χ3n) is 2.41. The molecule has 0 N–H and O–H groups in total. The van der Waals surface area contributed by atoms with Crippen LogP contribution in [0, 0.1) is 18.3 Å². The smallest absolute Gasteiger partial charge is 0.123 e. The van der Waals surface area contributed by atoms with Crippen LogP contribution in [-0.2, 0) is 16.6 Å². The van der Waals surface area contributed by atoms with Crippen LogP contribution in [0.1, 0.15) is 24.0 Å². The quantitative estimate of drug-likeness (QED) is 0.730. The highest BCUT2D eigenvalue weighted by Gasteiger charge is 2.07. The second-order valence-electron chi connectivity index (χ2n) is 3.87. The molecule has 3 nitrogen and oxygen atoms in total. The van der Waals surface area contributed by atoms with Gasteiger partial charge in [0, 0.05) is 28.5 Å². The van der Waals surface area contributed by atoms with Crippen molar-refractivity contribution in [2.75, 3.05) is 12.9 Å². The molecule has 17 heavy (non-hydrogen) atoms. The van der Waals surface area contributed by atoms with Gasteiger partial charge in [-0.25, -0.2) is 0 Å². The summed E-state index contributed by atoms with van der Waals surface area (Å²) in [6, 6.07) is 7.93. The first kappa shape index (κ1) is 13.7. The summed E-state index contributed by atoms with van der Waals surface area (Å²) in [5, 5.41) is 8.42. The summed E-state index contributed by atoms with van der Waals surface area (Å²) in [4.78, 5) is 0. The molecule has 0 saturated heterocycles. The van der Waals surface area contributed by atoms with E-state index in [9.17, 15) is 4.21 Å². The van der Waals surface area contributed by atoms with Crippen molar-refractivity contribution in [3.8, 4) is 11.8 Å². The van der Waals surface area contributed by atoms with Crippen molar-refractivity contribution < 1.29 is 8.95 Å². The molecule has 0 spiro atoms. The Hall–Kier alpha value is -1.34. The minimum atomic E-state index is -0.924. The molecule has 1 rings (SSSR count). The fraction of sp³-hybridized carbons (Fsp3) is 0.462. The molecule has 1 atom stereocenters. The van der Waals surface area contributed by atoms with Crippen molar-refractivity contribution in [3.05, 3.63) is 29.3 Å². The Morgan fingerprint density at radius 2 is 2.24 bits per heavy atom. The molecule has 0 amide bonds. The molecule has 0 fully saturated rings. The largest absolute Gasteiger partial charge is 0.496 e. The second kappa shape index (κ2) is 7.08. The molecule has 0 aliphatic carbocycles. The van der Waals surface area contributed by atoms with E-state index in [1.165, 1.54) is 0 Å². The van der Waals surface area contributed by atoms with E-state index in [1.807, 2.05) is 25.1 Å². The first-order chi connectivity index (χ1) is 8.17. The number of nitrogens with zero attached hydrogens (tertiary/aromatic N) is 1. The van der Waals surface area contributed by atoms with Gasteiger partial charge in [0.1, 0.15) is 5.75 Å². The zero-order chi connectivity index (χ0) is 12.7. The molecule has 0 bridgehead atoms. The van der Waals surface area contributed by atoms with Crippen LogP contribution in [0.4, 0.5) is 0 Å². The topological polar surface area (TPSA) is 50.1 Å². The van der Waals surface area contributed by atoms with Gasteiger partial charge in [-0.05, 0) is 19.4 Å². The molecular formula is C13H17NO2S. The van der Waals surface area contributed by atoms with Gasteiger partial charge >= 0.3 is 0 Å². The summed E-state index contributed by atoms with van der Waals surface area (Å²) in [6.07, 6.45) is 1.16. The highest BCUT2D eigenvalue weighted by Crippen LogP contribution is 2.21. The number of hydrogen-bond donors (Lipinski definition) is 0. The van der Waals surface area contributed by atoms with Crippen molar-refractivity contribution in [2.45, 2.75) is 25.5 Å². The fourth-order valence-electron chi connectivity index (χ4n) is 1.58. The Morgan fingerprint density at radius 3 is 2.88 bits per heavy atom. The highest BCUT2D eigenvalue weighted by atomic mass is 32.2. The number of unbranched alkanes of at least 4 members (excludes halogenated alkanes) is 1. The van der Waals surface area contributed by atoms with E-state index in [0.717, 1.165) is 16.9 Å². The normalized spacial score (nSPS) is 11.8. The molecule has 0 aromatic heterocycles. The lowest BCUT2D eigenvalue weighted by Crippen LogP contribution is -2.03. The Kier molecular flexibility index (Phi) is 5.71. The molecule has 0 saturated carbocycles. The molecule has 1 aromatic rings. The maximum absolute atomic E-state index is 11.8. The molecule has 0 heterocycles. The number of rotatable bonds is 6. The maximum atomic E-state index is 11.8. The standard InChI is InChI=1S/C13H17NO2S/c1-11-5-6-13(16-2)12(9-11)10-17(15)8-4-3-7-14/h5-6,9H,3-4,8,10H2,1-2H3. The van der Waals surface area contributed by atoms with Crippen molar-refractivity contribution >= 4 is 10.8 Å². The van der Waals surface area contributed by atoms with Gasteiger partial charge in [-0.1, -0.05) is 17.7 Å². The number of aryl methyl sites for hydroxylation is 1. The van der Waals surface area contributed by atoms with Crippen LogP contribution in [-0.4, -0.2) is 17.1 Å². The van der Waals surface area contributed by atoms with Crippen molar-refractivity contribution in [2.24, 2.45) is 0 Å². The van der Waals surface area contributed by atoms with E-state index in [1.54, 1.807) is 7.11 Å². The van der Waals surface area contributed by atoms with Crippen LogP contribution in [0.25, 0.3) is 0 Å². The van der Waals surface area contributed by atoms with Gasteiger partial charge in [0.2, 0.25) is 0 Å². The number of benzene rings is 1. The number of ether oxygens (including phenoxy) is 1. The van der Waals surface area contributed by atoms with Crippen molar-refractivity contribution in [3.63, 3.8) is 0 Å². The fourth-order valence-corrected chi connectivity index (χ4v) is 2.76. The van der Waals surface area contributed by atoms with Gasteiger partial charge in [0.25, 0.3) is 0 Å². The van der Waals surface area contributed by atoms with Crippen LogP contribution in [0.3, 0.4) is 0 Å². The molecular weight excluding hydrogens is 234 g/mol. The van der Waals surface area contributed by atoms with Gasteiger partial charge < -0.3 is 4.74 Å². The van der Waals surface area contributed by atoms with Crippen molar-refractivity contribution in [1.29, 1.82) is 5.26 Å². The maximum Gasteiger partial charge on any atom is 0.123 e. The van der Waals surface area contributed by atoms with E-state index in [0.29, 0.717) is 24.3 Å². The zero-order valence-electron chi connectivity index (χ0n) is 10.2. The van der Waals surface area contributed by atoms with Crippen LogP contribution in [0.5, 0.6) is 5.75 Å². The lowest BCUT2D eigenvalue weighted by molar-refractivity contribution is 0.411. The highest BCUT2D eigenvalue weighted by molar-refractivity contribution is 7.84. The van der Waals surface area contributed by atoms with E-state index < -0.39 is 10.8 Å². The number of hydrogen-bond acceptors (Lipinski definition) is 3. The molecule has 92 valence electrons. The third kappa shape index (κ3) is 4.58. The molecule has 1 unspecified atom stereocenters. The summed E-state index contributed by atoms with van der Waals surface area (Å²) in [5.74, 6) is 1.85. The summed E-state index contributed by atoms with van der Waals surface area (Å²) in [7, 11) is 0.694. The van der Waals surface area contributed by atoms with E-state index in [-0.39, 0.29) is 0 Å². The SMILES string of the molecule is COc1ccc(C)cc1CS(=O)CCCC#N. The Morgan fingerprint density at radius 1 is 1.47 bits per heavy atom. The molecule has 0 aliphatic rings. The first-order valence-electron chi connectivity index (χ1n) is 5.53. The number of methoxy groups -OCH3 is 1. The molecule has 0 radical (unpaired) electrons. The van der Waals surface area contributed by atoms with E-state index in [4.69, 9.17) is 10.00 Å². The van der Waals surface area contributed by atoms with E-state index in [2.05, 4.69) is 6.07 Å². The molecule has 0 aliphatic heterocycles. The monoisotopic (exact) mass is 251 g/mol. The second-order valence-corrected chi connectivity index (χ2v) is 5.44. The van der Waals surface area contributed by atoms with E-state index >= 15 is 0 Å². The van der Waals surface area contributed by atoms with Crippen LogP contribution < -0.4 is 4.74 Å². The third-order valence-corrected chi connectivity index (χ3v) is 3.79. The zero-order valence-corrected chi connectivity index (χ0v) is 11.0. The predicted octanol–water partition coefficient (Wildman–Crippen LogP) is 2.56. The minimum absolute atomic E-state index is 0.469. The number of nitriles is 1. The average Bonchev–Trinajstić information content (AvgIpc) is 2.29. The van der Waals surface area contributed by atoms with Gasteiger partial charge in [-0.15, -0.1) is 0 Å². The Bertz CT molecular complexity index is 438. The summed E-state index contributed by atoms with van der Waals surface area (Å²) in [6.45, 7) is 2.00. The summed E-state index contributed by atoms with van der Waals surface area (Å²) in [5.41, 5.74) is 2.11. The van der Waals surface area contributed by atoms with Gasteiger partial charge in [-0.2, -0.15) is 5.26 Å². The average molecular weight is 251 g/mol. The van der Waals surface area contributed by atoms with Crippen LogP contribution >= 0.6 is 0 Å². The summed E-state index contributed by atoms with van der Waals surface area (Å²) < 4.78 is 17.1. The van der Waals surface area contributed by atoms with Gasteiger partial charge in [-0.3, -0.25) is 4.21 Å². The Labute approximate surface area is 105 Å². The lowest BCUT2D eigenvalue weighted by atomic mass is 10.1. The minimum Gasteiger partial charge on any atom is -0.496 e. The summed E-state index contributed by atoms with van der Waals surface area (Å²) >= 11 is 0. The van der Waals surface area contributed by atoms with Crippen molar-refractivity contribution in [1.82, 2.24) is 0 Å². The Balaban J connectivity index is 2.64. The van der Waals surface area contributed by atoms with Gasteiger partial charge in [0.05, 0.1) is 18.9 Å².